The van der Waals surface area contributed by atoms with Crippen LogP contribution < -0.4 is 0 Å². The SMILES string of the molecule is Cc1c[c-]cc(C)c1.OP(O)(O)=S.OP(O)(O)=S.[Zn]. The first-order valence-corrected chi connectivity index (χ1v) is 9.62. The van der Waals surface area contributed by atoms with E-state index in [1.54, 1.807) is 0 Å². The van der Waals surface area contributed by atoms with E-state index in [2.05, 4.69) is 49.6 Å². The van der Waals surface area contributed by atoms with Gasteiger partial charge in [-0.25, -0.2) is 0 Å². The molecular weight excluding hydrogens is 384 g/mol. The van der Waals surface area contributed by atoms with Crippen molar-refractivity contribution in [2.75, 3.05) is 0 Å². The molecule has 11 heteroatoms. The Morgan fingerprint density at radius 1 is 0.842 bits per heavy atom. The maximum atomic E-state index is 7.56. The van der Waals surface area contributed by atoms with Gasteiger partial charge in [0.1, 0.15) is 0 Å². The molecule has 0 aliphatic carbocycles. The summed E-state index contributed by atoms with van der Waals surface area (Å²) in [6.45, 7) is -3.47. The molecule has 0 heterocycles. The Bertz CT molecular complexity index is 393. The minimum Gasteiger partial charge on any atom is -0.325 e. The second-order valence-corrected chi connectivity index (χ2v) is 8.11. The first kappa shape index (κ1) is 24.9. The molecule has 1 rings (SSSR count). The summed E-state index contributed by atoms with van der Waals surface area (Å²) in [4.78, 5) is 45.3. The fraction of sp³-hybridized carbons (Fsp3) is 0.250. The second-order valence-electron chi connectivity index (χ2n) is 3.11. The zero-order valence-corrected chi connectivity index (χ0v) is 16.7. The second kappa shape index (κ2) is 11.6. The molecule has 19 heavy (non-hydrogen) atoms. The minimum absolute atomic E-state index is 0. The van der Waals surface area contributed by atoms with E-state index in [1.807, 2.05) is 12.1 Å². The van der Waals surface area contributed by atoms with Crippen LogP contribution in [0.15, 0.2) is 18.2 Å². The van der Waals surface area contributed by atoms with Gasteiger partial charge in [-0.1, -0.05) is 13.8 Å². The zero-order chi connectivity index (χ0) is 15.0. The standard InChI is InChI=1S/C8H9.2H3O3PS.Zn/c1-7-4-3-5-8(2)6-7;2*1-4(2,3)5;/h4-6H,1-2H3;2*(H3,1,2,3,5);/q-1;;;. The first-order valence-electron chi connectivity index (χ1n) is 4.30. The molecule has 0 atom stereocenters. The van der Waals surface area contributed by atoms with Crippen molar-refractivity contribution in [3.05, 3.63) is 35.4 Å². The van der Waals surface area contributed by atoms with Gasteiger partial charge in [0, 0.05) is 19.5 Å². The smallest absolute Gasteiger partial charge is 0.319 e. The summed E-state index contributed by atoms with van der Waals surface area (Å²) in [6.07, 6.45) is 0. The average molecular weight is 399 g/mol. The van der Waals surface area contributed by atoms with E-state index >= 15 is 0 Å². The van der Waals surface area contributed by atoms with Crippen molar-refractivity contribution in [2.24, 2.45) is 0 Å². The summed E-state index contributed by atoms with van der Waals surface area (Å²) in [7, 11) is 0. The molecule has 1 aromatic carbocycles. The molecule has 0 radical (unpaired) electrons. The van der Waals surface area contributed by atoms with E-state index in [1.165, 1.54) is 11.1 Å². The van der Waals surface area contributed by atoms with Gasteiger partial charge in [-0.15, -0.1) is 0 Å². The predicted octanol–water partition coefficient (Wildman–Crippen LogP) is 0.477. The van der Waals surface area contributed by atoms with Crippen LogP contribution in [0.4, 0.5) is 0 Å². The van der Waals surface area contributed by atoms with E-state index in [0.29, 0.717) is 0 Å². The first-order chi connectivity index (χ1) is 7.79. The Balaban J connectivity index is -0.000000208. The summed E-state index contributed by atoms with van der Waals surface area (Å²) in [5, 5.41) is 0. The van der Waals surface area contributed by atoms with Crippen LogP contribution in [0, 0.1) is 19.9 Å². The monoisotopic (exact) mass is 397 g/mol. The van der Waals surface area contributed by atoms with Crippen LogP contribution in [0.25, 0.3) is 0 Å². The summed E-state index contributed by atoms with van der Waals surface area (Å²) in [6, 6.07) is 9.12. The van der Waals surface area contributed by atoms with Gasteiger partial charge < -0.3 is 29.4 Å². The Morgan fingerprint density at radius 2 is 1.05 bits per heavy atom. The van der Waals surface area contributed by atoms with Crippen molar-refractivity contribution >= 4 is 37.1 Å². The molecule has 0 aliphatic heterocycles. The Morgan fingerprint density at radius 3 is 1.16 bits per heavy atom. The van der Waals surface area contributed by atoms with E-state index in [-0.39, 0.29) is 19.5 Å². The molecule has 0 spiro atoms. The number of aryl methyl sites for hydroxylation is 2. The van der Waals surface area contributed by atoms with Crippen molar-refractivity contribution in [1.29, 1.82) is 0 Å². The van der Waals surface area contributed by atoms with Crippen molar-refractivity contribution in [2.45, 2.75) is 13.8 Å². The van der Waals surface area contributed by atoms with Crippen molar-refractivity contribution in [1.82, 2.24) is 0 Å². The number of benzene rings is 1. The summed E-state index contributed by atoms with van der Waals surface area (Å²) in [5.74, 6) is 0. The van der Waals surface area contributed by atoms with Crippen LogP contribution in [0.3, 0.4) is 0 Å². The average Bonchev–Trinajstić information content (AvgIpc) is 1.95. The quantitative estimate of drug-likeness (QED) is 0.212. The van der Waals surface area contributed by atoms with Crippen LogP contribution in [0.2, 0.25) is 0 Å². The van der Waals surface area contributed by atoms with Crippen LogP contribution in [0.5, 0.6) is 0 Å². The van der Waals surface area contributed by atoms with E-state index < -0.39 is 13.4 Å². The van der Waals surface area contributed by atoms with Crippen molar-refractivity contribution in [3.8, 4) is 0 Å². The zero-order valence-electron chi connectivity index (χ0n) is 10.3. The van der Waals surface area contributed by atoms with Gasteiger partial charge in [-0.3, -0.25) is 0 Å². The van der Waals surface area contributed by atoms with Gasteiger partial charge >= 0.3 is 13.4 Å². The predicted molar refractivity (Wildman–Crippen MR) is 76.6 cm³/mol. The summed E-state index contributed by atoms with van der Waals surface area (Å²) in [5.41, 5.74) is 2.56. The Kier molecular flexibility index (Phi) is 15.1. The topological polar surface area (TPSA) is 121 Å². The Labute approximate surface area is 135 Å². The third kappa shape index (κ3) is 45.4. The van der Waals surface area contributed by atoms with Crippen LogP contribution in [-0.4, -0.2) is 29.4 Å². The third-order valence-corrected chi connectivity index (χ3v) is 1.08. The molecule has 1 aromatic rings. The van der Waals surface area contributed by atoms with Crippen LogP contribution in [0.1, 0.15) is 11.1 Å². The maximum absolute atomic E-state index is 7.56. The molecule has 6 N–H and O–H groups in total. The van der Waals surface area contributed by atoms with E-state index in [9.17, 15) is 0 Å². The van der Waals surface area contributed by atoms with Crippen molar-refractivity contribution < 1.29 is 48.8 Å². The molecule has 0 unspecified atom stereocenters. The fourth-order valence-corrected chi connectivity index (χ4v) is 0.747. The minimum atomic E-state index is -3.81. The normalized spacial score (nSPS) is 10.1. The summed E-state index contributed by atoms with van der Waals surface area (Å²) < 4.78 is 0. The van der Waals surface area contributed by atoms with Gasteiger partial charge in [0.05, 0.1) is 0 Å². The van der Waals surface area contributed by atoms with E-state index in [4.69, 9.17) is 29.4 Å². The molecular formula is C8H15O6P2S2Zn-. The molecule has 0 aliphatic rings. The molecule has 0 amide bonds. The van der Waals surface area contributed by atoms with Crippen LogP contribution in [-0.2, 0) is 43.1 Å². The van der Waals surface area contributed by atoms with Crippen LogP contribution >= 0.6 is 13.4 Å². The molecule has 0 saturated carbocycles. The van der Waals surface area contributed by atoms with Gasteiger partial charge in [0.15, 0.2) is 0 Å². The van der Waals surface area contributed by atoms with Gasteiger partial charge in [0.25, 0.3) is 0 Å². The number of hydrogen-bond acceptors (Lipinski definition) is 2. The molecule has 0 bridgehead atoms. The largest absolute Gasteiger partial charge is 0.325 e. The molecule has 0 saturated heterocycles. The molecule has 6 nitrogen and oxygen atoms in total. The molecule has 0 fully saturated rings. The third-order valence-electron chi connectivity index (χ3n) is 1.08. The Hall–Kier alpha value is 0.903. The van der Waals surface area contributed by atoms with Gasteiger partial charge in [-0.2, -0.15) is 35.4 Å². The number of rotatable bonds is 0. The van der Waals surface area contributed by atoms with Gasteiger partial charge in [-0.05, 0) is 23.6 Å². The number of hydrogen-bond donors (Lipinski definition) is 6. The van der Waals surface area contributed by atoms with E-state index in [0.717, 1.165) is 0 Å². The summed E-state index contributed by atoms with van der Waals surface area (Å²) >= 11 is 7.21. The van der Waals surface area contributed by atoms with Crippen molar-refractivity contribution in [3.63, 3.8) is 0 Å². The fourth-order valence-electron chi connectivity index (χ4n) is 0.747. The molecule has 0 aromatic heterocycles. The molecule has 108 valence electrons. The maximum Gasteiger partial charge on any atom is 0.319 e. The van der Waals surface area contributed by atoms with Gasteiger partial charge in [0.2, 0.25) is 0 Å².